The molecule has 0 saturated carbocycles. The average Bonchev–Trinajstić information content (AvgIpc) is 3.00. The maximum Gasteiger partial charge on any atom is 0.0501 e. The topological polar surface area (TPSA) is 17.8 Å². The summed E-state index contributed by atoms with van der Waals surface area (Å²) in [6.45, 7) is 3.02. The summed E-state index contributed by atoms with van der Waals surface area (Å²) in [4.78, 5) is 4.45. The van der Waals surface area contributed by atoms with Crippen molar-refractivity contribution in [1.29, 1.82) is 0 Å². The van der Waals surface area contributed by atoms with Crippen LogP contribution in [0.5, 0.6) is 0 Å². The van der Waals surface area contributed by atoms with E-state index < -0.39 is 0 Å². The van der Waals surface area contributed by atoms with E-state index in [4.69, 9.17) is 23.2 Å². The number of aryl methyl sites for hydroxylation is 1. The molecular weight excluding hydrogens is 351 g/mol. The highest BCUT2D eigenvalue weighted by Gasteiger charge is 2.11. The van der Waals surface area contributed by atoms with E-state index in [0.717, 1.165) is 44.4 Å². The number of hydrogen-bond acceptors (Lipinski definition) is 1. The molecule has 2 aromatic carbocycles. The van der Waals surface area contributed by atoms with Gasteiger partial charge in [0.25, 0.3) is 0 Å². The summed E-state index contributed by atoms with van der Waals surface area (Å²) in [7, 11) is 0. The molecule has 0 aliphatic heterocycles. The van der Waals surface area contributed by atoms with Crippen molar-refractivity contribution in [2.24, 2.45) is 0 Å². The zero-order valence-corrected chi connectivity index (χ0v) is 15.2. The van der Waals surface area contributed by atoms with Gasteiger partial charge in [-0.1, -0.05) is 41.4 Å². The van der Waals surface area contributed by atoms with Crippen LogP contribution in [-0.4, -0.2) is 9.55 Å². The first-order valence-electron chi connectivity index (χ1n) is 8.15. The molecule has 0 unspecified atom stereocenters. The summed E-state index contributed by atoms with van der Waals surface area (Å²) in [5.41, 5.74) is 5.56. The maximum absolute atomic E-state index is 6.18. The molecule has 2 aromatic heterocycles. The van der Waals surface area contributed by atoms with Crippen LogP contribution in [0.1, 0.15) is 6.92 Å². The van der Waals surface area contributed by atoms with Gasteiger partial charge in [-0.25, -0.2) is 0 Å². The monoisotopic (exact) mass is 366 g/mol. The summed E-state index contributed by atoms with van der Waals surface area (Å²) in [5, 5.41) is 2.66. The van der Waals surface area contributed by atoms with Gasteiger partial charge < -0.3 is 4.57 Å². The second-order valence-corrected chi connectivity index (χ2v) is 6.83. The van der Waals surface area contributed by atoms with Crippen molar-refractivity contribution >= 4 is 34.1 Å². The van der Waals surface area contributed by atoms with E-state index in [1.807, 2.05) is 48.8 Å². The second-order valence-electron chi connectivity index (χ2n) is 5.96. The van der Waals surface area contributed by atoms with E-state index in [1.165, 1.54) is 5.39 Å². The quantitative estimate of drug-likeness (QED) is 0.394. The Kier molecular flexibility index (Phi) is 4.24. The van der Waals surface area contributed by atoms with Crippen molar-refractivity contribution in [1.82, 2.24) is 9.55 Å². The largest absolute Gasteiger partial charge is 0.347 e. The highest BCUT2D eigenvalue weighted by atomic mass is 35.5. The molecule has 0 radical (unpaired) electrons. The summed E-state index contributed by atoms with van der Waals surface area (Å²) < 4.78 is 2.21. The summed E-state index contributed by atoms with van der Waals surface area (Å²) in [6, 6.07) is 16.0. The SMILES string of the molecule is CCn1cc(-c2cncc(-c3ccc(Cl)cc3)c2)c2ccc(Cl)cc21. The molecule has 0 bridgehead atoms. The van der Waals surface area contributed by atoms with Crippen LogP contribution in [0.4, 0.5) is 0 Å². The van der Waals surface area contributed by atoms with Gasteiger partial charge in [-0.2, -0.15) is 0 Å². The first kappa shape index (κ1) is 16.2. The van der Waals surface area contributed by atoms with Crippen molar-refractivity contribution in [3.05, 3.63) is 77.2 Å². The van der Waals surface area contributed by atoms with E-state index in [0.29, 0.717) is 0 Å². The highest BCUT2D eigenvalue weighted by molar-refractivity contribution is 6.31. The predicted molar refractivity (Wildman–Crippen MR) is 106 cm³/mol. The molecule has 0 atom stereocenters. The molecule has 0 N–H and O–H groups in total. The van der Waals surface area contributed by atoms with E-state index in [9.17, 15) is 0 Å². The molecular formula is C21H16Cl2N2. The number of hydrogen-bond donors (Lipinski definition) is 0. The molecule has 4 rings (SSSR count). The van der Waals surface area contributed by atoms with Gasteiger partial charge in [0.15, 0.2) is 0 Å². The van der Waals surface area contributed by atoms with Crippen molar-refractivity contribution in [2.75, 3.05) is 0 Å². The van der Waals surface area contributed by atoms with Crippen LogP contribution in [0, 0.1) is 0 Å². The van der Waals surface area contributed by atoms with Gasteiger partial charge in [0.1, 0.15) is 0 Å². The third-order valence-corrected chi connectivity index (χ3v) is 4.90. The van der Waals surface area contributed by atoms with E-state index in [2.05, 4.69) is 34.8 Å². The lowest BCUT2D eigenvalue weighted by Crippen LogP contribution is -1.90. The lowest BCUT2D eigenvalue weighted by atomic mass is 10.0. The lowest BCUT2D eigenvalue weighted by Gasteiger charge is -2.05. The number of halogens is 2. The molecule has 2 heterocycles. The highest BCUT2D eigenvalue weighted by Crippen LogP contribution is 2.34. The van der Waals surface area contributed by atoms with Gasteiger partial charge >= 0.3 is 0 Å². The number of pyridine rings is 1. The number of fused-ring (bicyclic) bond motifs is 1. The van der Waals surface area contributed by atoms with Crippen LogP contribution in [0.15, 0.2) is 67.1 Å². The number of nitrogens with zero attached hydrogens (tertiary/aromatic N) is 2. The Morgan fingerprint density at radius 1 is 0.840 bits per heavy atom. The Balaban J connectivity index is 1.87. The van der Waals surface area contributed by atoms with Gasteiger partial charge in [0.2, 0.25) is 0 Å². The zero-order valence-electron chi connectivity index (χ0n) is 13.7. The van der Waals surface area contributed by atoms with E-state index in [-0.39, 0.29) is 0 Å². The van der Waals surface area contributed by atoms with Crippen LogP contribution in [-0.2, 0) is 6.54 Å². The molecule has 0 saturated heterocycles. The Labute approximate surface area is 156 Å². The summed E-state index contributed by atoms with van der Waals surface area (Å²) in [5.74, 6) is 0. The Morgan fingerprint density at radius 3 is 2.32 bits per heavy atom. The van der Waals surface area contributed by atoms with Crippen molar-refractivity contribution in [3.63, 3.8) is 0 Å². The standard InChI is InChI=1S/C21H16Cl2N2/c1-2-25-13-20(19-8-7-18(23)10-21(19)25)16-9-15(11-24-12-16)14-3-5-17(22)6-4-14/h3-13H,2H2,1H3. The average molecular weight is 367 g/mol. The number of benzene rings is 2. The molecule has 0 amide bonds. The van der Waals surface area contributed by atoms with E-state index >= 15 is 0 Å². The lowest BCUT2D eigenvalue weighted by molar-refractivity contribution is 0.798. The fraction of sp³-hybridized carbons (Fsp3) is 0.0952. The minimum Gasteiger partial charge on any atom is -0.347 e. The van der Waals surface area contributed by atoms with Gasteiger partial charge in [-0.3, -0.25) is 4.98 Å². The van der Waals surface area contributed by atoms with Gasteiger partial charge in [0, 0.05) is 57.3 Å². The zero-order chi connectivity index (χ0) is 17.4. The smallest absolute Gasteiger partial charge is 0.0501 e. The molecule has 4 aromatic rings. The van der Waals surface area contributed by atoms with Crippen LogP contribution in [0.25, 0.3) is 33.2 Å². The van der Waals surface area contributed by atoms with Crippen LogP contribution < -0.4 is 0 Å². The van der Waals surface area contributed by atoms with Crippen molar-refractivity contribution < 1.29 is 0 Å². The predicted octanol–water partition coefficient (Wildman–Crippen LogP) is 6.70. The first-order valence-corrected chi connectivity index (χ1v) is 8.91. The third kappa shape index (κ3) is 3.04. The van der Waals surface area contributed by atoms with E-state index in [1.54, 1.807) is 0 Å². The molecule has 25 heavy (non-hydrogen) atoms. The number of rotatable bonds is 3. The van der Waals surface area contributed by atoms with Crippen molar-refractivity contribution in [2.45, 2.75) is 13.5 Å². The van der Waals surface area contributed by atoms with Crippen LogP contribution in [0.3, 0.4) is 0 Å². The molecule has 124 valence electrons. The third-order valence-electron chi connectivity index (χ3n) is 4.41. The molecule has 0 spiro atoms. The van der Waals surface area contributed by atoms with Crippen molar-refractivity contribution in [3.8, 4) is 22.3 Å². The van der Waals surface area contributed by atoms with Gasteiger partial charge in [0.05, 0.1) is 5.52 Å². The van der Waals surface area contributed by atoms with Gasteiger partial charge in [-0.05, 0) is 42.8 Å². The Morgan fingerprint density at radius 2 is 1.56 bits per heavy atom. The summed E-state index contributed by atoms with van der Waals surface area (Å²) >= 11 is 12.2. The Hall–Kier alpha value is -2.29. The molecule has 4 heteroatoms. The first-order chi connectivity index (χ1) is 12.2. The second kappa shape index (κ2) is 6.55. The number of aromatic nitrogens is 2. The minimum absolute atomic E-state index is 0.732. The Bertz CT molecular complexity index is 1050. The molecule has 2 nitrogen and oxygen atoms in total. The summed E-state index contributed by atoms with van der Waals surface area (Å²) in [6.07, 6.45) is 5.95. The maximum atomic E-state index is 6.18. The fourth-order valence-electron chi connectivity index (χ4n) is 3.14. The molecule has 0 fully saturated rings. The molecule has 0 aliphatic carbocycles. The van der Waals surface area contributed by atoms with Gasteiger partial charge in [-0.15, -0.1) is 0 Å². The minimum atomic E-state index is 0.732. The normalized spacial score (nSPS) is 11.2. The van der Waals surface area contributed by atoms with Crippen LogP contribution >= 0.6 is 23.2 Å². The van der Waals surface area contributed by atoms with Crippen LogP contribution in [0.2, 0.25) is 10.0 Å². The molecule has 0 aliphatic rings. The fourth-order valence-corrected chi connectivity index (χ4v) is 3.44.